The topological polar surface area (TPSA) is 67.2 Å². The Hall–Kier alpha value is -0.880. The minimum absolute atomic E-state index is 0.105. The third-order valence-corrected chi connectivity index (χ3v) is 4.45. The first-order valence-corrected chi connectivity index (χ1v) is 7.58. The lowest BCUT2D eigenvalue weighted by Gasteiger charge is -2.25. The van der Waals surface area contributed by atoms with Crippen molar-refractivity contribution in [3.8, 4) is 0 Å². The van der Waals surface area contributed by atoms with Crippen LogP contribution in [0.15, 0.2) is 15.5 Å². The van der Waals surface area contributed by atoms with E-state index in [-0.39, 0.29) is 11.7 Å². The molecule has 1 aromatic heterocycles. The molecule has 0 bridgehead atoms. The van der Waals surface area contributed by atoms with E-state index < -0.39 is 0 Å². The first-order valence-electron chi connectivity index (χ1n) is 6.79. The molecule has 6 heteroatoms. The summed E-state index contributed by atoms with van der Waals surface area (Å²) < 4.78 is 1.96. The fourth-order valence-corrected chi connectivity index (χ4v) is 2.86. The highest BCUT2D eigenvalue weighted by molar-refractivity contribution is 9.10. The molecular weight excluding hydrogens is 310 g/mol. The van der Waals surface area contributed by atoms with Crippen LogP contribution in [0.2, 0.25) is 0 Å². The van der Waals surface area contributed by atoms with Gasteiger partial charge in [0.1, 0.15) is 4.47 Å². The van der Waals surface area contributed by atoms with E-state index >= 15 is 0 Å². The number of aryl methyl sites for hydroxylation is 1. The molecule has 2 rings (SSSR count). The summed E-state index contributed by atoms with van der Waals surface area (Å²) >= 11 is 3.33. The summed E-state index contributed by atoms with van der Waals surface area (Å²) in [6.45, 7) is 3.28. The van der Waals surface area contributed by atoms with E-state index in [9.17, 15) is 9.90 Å². The summed E-state index contributed by atoms with van der Waals surface area (Å²) in [4.78, 5) is 11.9. The highest BCUT2D eigenvalue weighted by Crippen LogP contribution is 2.25. The maximum Gasteiger partial charge on any atom is 0.283 e. The van der Waals surface area contributed by atoms with Crippen LogP contribution in [0.1, 0.15) is 32.6 Å². The number of hydrogen-bond acceptors (Lipinski definition) is 4. The molecule has 0 aromatic carbocycles. The van der Waals surface area contributed by atoms with Crippen molar-refractivity contribution in [3.63, 3.8) is 0 Å². The van der Waals surface area contributed by atoms with E-state index in [0.29, 0.717) is 16.9 Å². The molecule has 1 saturated carbocycles. The molecule has 1 aliphatic carbocycles. The van der Waals surface area contributed by atoms with Gasteiger partial charge in [0, 0.05) is 13.1 Å². The Kier molecular flexibility index (Phi) is 4.99. The molecule has 0 radical (unpaired) electrons. The number of nitrogens with zero attached hydrogens (tertiary/aromatic N) is 2. The Morgan fingerprint density at radius 3 is 2.79 bits per heavy atom. The van der Waals surface area contributed by atoms with Gasteiger partial charge in [0.15, 0.2) is 0 Å². The highest BCUT2D eigenvalue weighted by Gasteiger charge is 2.19. The van der Waals surface area contributed by atoms with Crippen molar-refractivity contribution < 1.29 is 5.11 Å². The standard InChI is InChI=1S/C13H20BrN3O2/c1-2-17-13(19)12(14)11(8-16-17)15-7-9-3-5-10(18)6-4-9/h8-10,15,18H,2-7H2,1H3. The smallest absolute Gasteiger partial charge is 0.283 e. The molecule has 1 aliphatic rings. The van der Waals surface area contributed by atoms with Crippen LogP contribution in [0.3, 0.4) is 0 Å². The van der Waals surface area contributed by atoms with Crippen LogP contribution in [0.5, 0.6) is 0 Å². The van der Waals surface area contributed by atoms with Crippen molar-refractivity contribution in [1.29, 1.82) is 0 Å². The fourth-order valence-electron chi connectivity index (χ4n) is 2.42. The van der Waals surface area contributed by atoms with Gasteiger partial charge < -0.3 is 10.4 Å². The molecule has 1 heterocycles. The van der Waals surface area contributed by atoms with Crippen LogP contribution in [-0.2, 0) is 6.54 Å². The number of anilines is 1. The average molecular weight is 330 g/mol. The van der Waals surface area contributed by atoms with E-state index in [4.69, 9.17) is 0 Å². The fraction of sp³-hybridized carbons (Fsp3) is 0.692. The van der Waals surface area contributed by atoms with Crippen molar-refractivity contribution in [2.45, 2.75) is 45.3 Å². The molecular formula is C13H20BrN3O2. The van der Waals surface area contributed by atoms with E-state index in [1.165, 1.54) is 4.68 Å². The third kappa shape index (κ3) is 3.57. The number of rotatable bonds is 4. The highest BCUT2D eigenvalue weighted by atomic mass is 79.9. The summed E-state index contributed by atoms with van der Waals surface area (Å²) in [5, 5.41) is 16.9. The van der Waals surface area contributed by atoms with Crippen LogP contribution >= 0.6 is 15.9 Å². The molecule has 0 amide bonds. The predicted molar refractivity (Wildman–Crippen MR) is 78.3 cm³/mol. The second-order valence-electron chi connectivity index (χ2n) is 5.05. The zero-order valence-electron chi connectivity index (χ0n) is 11.1. The predicted octanol–water partition coefficient (Wildman–Crippen LogP) is 1.99. The van der Waals surface area contributed by atoms with Gasteiger partial charge in [0.25, 0.3) is 5.56 Å². The number of aliphatic hydroxyl groups excluding tert-OH is 1. The maximum absolute atomic E-state index is 11.9. The quantitative estimate of drug-likeness (QED) is 0.886. The molecule has 0 spiro atoms. The molecule has 1 aromatic rings. The minimum Gasteiger partial charge on any atom is -0.393 e. The Morgan fingerprint density at radius 2 is 2.16 bits per heavy atom. The van der Waals surface area contributed by atoms with Gasteiger partial charge in [0.2, 0.25) is 0 Å². The van der Waals surface area contributed by atoms with Crippen LogP contribution in [0, 0.1) is 5.92 Å². The number of nitrogens with one attached hydrogen (secondary N) is 1. The lowest BCUT2D eigenvalue weighted by molar-refractivity contribution is 0.111. The number of hydrogen-bond donors (Lipinski definition) is 2. The van der Waals surface area contributed by atoms with Crippen molar-refractivity contribution >= 4 is 21.6 Å². The van der Waals surface area contributed by atoms with Crippen molar-refractivity contribution in [1.82, 2.24) is 9.78 Å². The van der Waals surface area contributed by atoms with Crippen molar-refractivity contribution in [3.05, 3.63) is 21.0 Å². The molecule has 1 fully saturated rings. The zero-order chi connectivity index (χ0) is 13.8. The second-order valence-corrected chi connectivity index (χ2v) is 5.84. The maximum atomic E-state index is 11.9. The van der Waals surface area contributed by atoms with Gasteiger partial charge in [0.05, 0.1) is 18.0 Å². The monoisotopic (exact) mass is 329 g/mol. The summed E-state index contributed by atoms with van der Waals surface area (Å²) in [5.74, 6) is 0.559. The Balaban J connectivity index is 1.96. The molecule has 106 valence electrons. The van der Waals surface area contributed by atoms with Crippen LogP contribution in [0.4, 0.5) is 5.69 Å². The van der Waals surface area contributed by atoms with Crippen LogP contribution in [0.25, 0.3) is 0 Å². The minimum atomic E-state index is -0.127. The molecule has 2 N–H and O–H groups in total. The molecule has 5 nitrogen and oxygen atoms in total. The summed E-state index contributed by atoms with van der Waals surface area (Å²) in [6.07, 6.45) is 5.38. The number of aliphatic hydroxyl groups is 1. The largest absolute Gasteiger partial charge is 0.393 e. The lowest BCUT2D eigenvalue weighted by Crippen LogP contribution is -2.26. The molecule has 0 aliphatic heterocycles. The molecule has 19 heavy (non-hydrogen) atoms. The third-order valence-electron chi connectivity index (χ3n) is 3.68. The van der Waals surface area contributed by atoms with Gasteiger partial charge in [-0.05, 0) is 54.5 Å². The number of halogens is 1. The van der Waals surface area contributed by atoms with Gasteiger partial charge in [-0.2, -0.15) is 5.10 Å². The first-order chi connectivity index (χ1) is 9.11. The lowest BCUT2D eigenvalue weighted by atomic mass is 9.87. The van der Waals surface area contributed by atoms with Gasteiger partial charge in [-0.1, -0.05) is 0 Å². The van der Waals surface area contributed by atoms with Crippen molar-refractivity contribution in [2.24, 2.45) is 5.92 Å². The van der Waals surface area contributed by atoms with Gasteiger partial charge in [-0.3, -0.25) is 4.79 Å². The zero-order valence-corrected chi connectivity index (χ0v) is 12.7. The van der Waals surface area contributed by atoms with Crippen LogP contribution in [-0.4, -0.2) is 27.5 Å². The first kappa shape index (κ1) is 14.5. The Morgan fingerprint density at radius 1 is 1.47 bits per heavy atom. The van der Waals surface area contributed by atoms with Crippen LogP contribution < -0.4 is 10.9 Å². The number of aromatic nitrogens is 2. The average Bonchev–Trinajstić information content (AvgIpc) is 2.42. The summed E-state index contributed by atoms with van der Waals surface area (Å²) in [7, 11) is 0. The summed E-state index contributed by atoms with van der Waals surface area (Å²) in [5.41, 5.74) is 0.646. The molecule has 0 atom stereocenters. The molecule has 0 saturated heterocycles. The van der Waals surface area contributed by atoms with E-state index in [1.807, 2.05) is 6.92 Å². The van der Waals surface area contributed by atoms with Crippen molar-refractivity contribution in [2.75, 3.05) is 11.9 Å². The van der Waals surface area contributed by atoms with E-state index in [2.05, 4.69) is 26.3 Å². The van der Waals surface area contributed by atoms with Gasteiger partial charge >= 0.3 is 0 Å². The second kappa shape index (κ2) is 6.52. The Bertz CT molecular complexity index is 481. The van der Waals surface area contributed by atoms with Gasteiger partial charge in [-0.25, -0.2) is 4.68 Å². The molecule has 0 unspecified atom stereocenters. The van der Waals surface area contributed by atoms with Gasteiger partial charge in [-0.15, -0.1) is 0 Å². The van der Waals surface area contributed by atoms with E-state index in [1.54, 1.807) is 6.20 Å². The SMILES string of the molecule is CCn1ncc(NCC2CCC(O)CC2)c(Br)c1=O. The Labute approximate surface area is 121 Å². The van der Waals surface area contributed by atoms with E-state index in [0.717, 1.165) is 37.9 Å². The normalized spacial score (nSPS) is 23.3. The summed E-state index contributed by atoms with van der Waals surface area (Å²) in [6, 6.07) is 0.